The van der Waals surface area contributed by atoms with Crippen molar-refractivity contribution in [1.29, 1.82) is 5.26 Å². The van der Waals surface area contributed by atoms with Crippen molar-refractivity contribution >= 4 is 15.9 Å². The van der Waals surface area contributed by atoms with Gasteiger partial charge in [0.05, 0.1) is 5.56 Å². The fourth-order valence-electron chi connectivity index (χ4n) is 1.74. The molecule has 2 aromatic rings. The maximum absolute atomic E-state index is 13.7. The summed E-state index contributed by atoms with van der Waals surface area (Å²) < 4.78 is 19.9. The van der Waals surface area contributed by atoms with Crippen LogP contribution < -0.4 is 10.1 Å². The first-order valence-electron chi connectivity index (χ1n) is 5.94. The molecule has 0 fully saturated rings. The third-order valence-electron chi connectivity index (χ3n) is 2.66. The minimum Gasteiger partial charge on any atom is -0.453 e. The predicted octanol–water partition coefficient (Wildman–Crippen LogP) is 3.97. The number of hydrogen-bond donors (Lipinski definition) is 1. The molecular formula is C15H12BrFN2O. The van der Waals surface area contributed by atoms with Crippen LogP contribution in [0.4, 0.5) is 4.39 Å². The van der Waals surface area contributed by atoms with Crippen molar-refractivity contribution in [2.24, 2.45) is 0 Å². The lowest BCUT2D eigenvalue weighted by Crippen LogP contribution is -2.05. The monoisotopic (exact) mass is 334 g/mol. The molecule has 20 heavy (non-hydrogen) atoms. The lowest BCUT2D eigenvalue weighted by molar-refractivity contribution is 0.440. The Morgan fingerprint density at radius 3 is 2.75 bits per heavy atom. The van der Waals surface area contributed by atoms with Crippen LogP contribution >= 0.6 is 15.9 Å². The summed E-state index contributed by atoms with van der Waals surface area (Å²) in [5, 5.41) is 12.2. The summed E-state index contributed by atoms with van der Waals surface area (Å²) in [7, 11) is 1.83. The van der Waals surface area contributed by atoms with Crippen molar-refractivity contribution in [3.63, 3.8) is 0 Å². The zero-order chi connectivity index (χ0) is 14.5. The molecule has 0 radical (unpaired) electrons. The van der Waals surface area contributed by atoms with E-state index < -0.39 is 5.82 Å². The van der Waals surface area contributed by atoms with Gasteiger partial charge in [0, 0.05) is 11.0 Å². The standard InChI is InChI=1S/C15H12BrFN2O/c1-19-9-10-2-5-14(11(6-10)8-18)20-15-7-12(16)3-4-13(15)17/h2-7,19H,9H2,1H3. The predicted molar refractivity (Wildman–Crippen MR) is 78.1 cm³/mol. The summed E-state index contributed by atoms with van der Waals surface area (Å²) in [5.74, 6) is -0.0574. The van der Waals surface area contributed by atoms with Crippen molar-refractivity contribution in [2.45, 2.75) is 6.54 Å². The van der Waals surface area contributed by atoms with Gasteiger partial charge in [-0.05, 0) is 42.9 Å². The molecule has 2 rings (SSSR count). The first kappa shape index (κ1) is 14.5. The lowest BCUT2D eigenvalue weighted by Gasteiger charge is -2.10. The van der Waals surface area contributed by atoms with Gasteiger partial charge in [-0.1, -0.05) is 22.0 Å². The molecular weight excluding hydrogens is 323 g/mol. The van der Waals surface area contributed by atoms with E-state index >= 15 is 0 Å². The maximum Gasteiger partial charge on any atom is 0.165 e. The summed E-state index contributed by atoms with van der Waals surface area (Å²) in [5.41, 5.74) is 1.34. The molecule has 1 N–H and O–H groups in total. The average Bonchev–Trinajstić information content (AvgIpc) is 2.44. The van der Waals surface area contributed by atoms with E-state index in [4.69, 9.17) is 10.00 Å². The third-order valence-corrected chi connectivity index (χ3v) is 3.15. The highest BCUT2D eigenvalue weighted by Gasteiger charge is 2.10. The molecule has 0 bridgehead atoms. The Bertz CT molecular complexity index is 667. The Kier molecular flexibility index (Phi) is 4.72. The Hall–Kier alpha value is -1.90. The largest absolute Gasteiger partial charge is 0.453 e. The van der Waals surface area contributed by atoms with Gasteiger partial charge in [0.1, 0.15) is 11.8 Å². The number of halogens is 2. The molecule has 0 amide bonds. The van der Waals surface area contributed by atoms with Crippen molar-refractivity contribution in [1.82, 2.24) is 5.32 Å². The van der Waals surface area contributed by atoms with E-state index in [9.17, 15) is 4.39 Å². The Balaban J connectivity index is 2.34. The number of benzene rings is 2. The minimum atomic E-state index is -0.476. The molecule has 0 saturated heterocycles. The molecule has 0 spiro atoms. The molecule has 5 heteroatoms. The molecule has 0 saturated carbocycles. The van der Waals surface area contributed by atoms with E-state index in [0.29, 0.717) is 22.3 Å². The molecule has 0 aliphatic heterocycles. The third kappa shape index (κ3) is 3.35. The second-order valence-electron chi connectivity index (χ2n) is 4.15. The second kappa shape index (κ2) is 6.51. The number of rotatable bonds is 4. The lowest BCUT2D eigenvalue weighted by atomic mass is 10.1. The summed E-state index contributed by atoms with van der Waals surface area (Å²) in [6, 6.07) is 11.7. The van der Waals surface area contributed by atoms with Gasteiger partial charge in [0.2, 0.25) is 0 Å². The second-order valence-corrected chi connectivity index (χ2v) is 5.07. The van der Waals surface area contributed by atoms with Crippen LogP contribution in [0, 0.1) is 17.1 Å². The highest BCUT2D eigenvalue weighted by molar-refractivity contribution is 9.10. The zero-order valence-corrected chi connectivity index (χ0v) is 12.4. The van der Waals surface area contributed by atoms with Crippen LogP contribution in [0.5, 0.6) is 11.5 Å². The van der Waals surface area contributed by atoms with Crippen molar-refractivity contribution in [2.75, 3.05) is 7.05 Å². The van der Waals surface area contributed by atoms with Crippen LogP contribution in [0.2, 0.25) is 0 Å². The number of ether oxygens (including phenoxy) is 1. The molecule has 0 unspecified atom stereocenters. The van der Waals surface area contributed by atoms with E-state index in [1.165, 1.54) is 12.1 Å². The van der Waals surface area contributed by atoms with E-state index in [1.807, 2.05) is 13.1 Å². The van der Waals surface area contributed by atoms with Gasteiger partial charge in [-0.15, -0.1) is 0 Å². The number of nitriles is 1. The fourth-order valence-corrected chi connectivity index (χ4v) is 2.08. The van der Waals surface area contributed by atoms with Gasteiger partial charge in [-0.3, -0.25) is 0 Å². The van der Waals surface area contributed by atoms with E-state index in [1.54, 1.807) is 18.2 Å². The quantitative estimate of drug-likeness (QED) is 0.919. The van der Waals surface area contributed by atoms with E-state index in [-0.39, 0.29) is 5.75 Å². The highest BCUT2D eigenvalue weighted by atomic mass is 79.9. The molecule has 0 aromatic heterocycles. The van der Waals surface area contributed by atoms with Crippen LogP contribution in [0.15, 0.2) is 40.9 Å². The number of hydrogen-bond acceptors (Lipinski definition) is 3. The summed E-state index contributed by atoms with van der Waals surface area (Å²) in [6.45, 7) is 0.653. The van der Waals surface area contributed by atoms with Gasteiger partial charge >= 0.3 is 0 Å². The Morgan fingerprint density at radius 1 is 1.25 bits per heavy atom. The van der Waals surface area contributed by atoms with Crippen LogP contribution in [-0.4, -0.2) is 7.05 Å². The minimum absolute atomic E-state index is 0.0808. The number of nitrogens with zero attached hydrogens (tertiary/aromatic N) is 1. The Labute approximate surface area is 125 Å². The van der Waals surface area contributed by atoms with Crippen LogP contribution in [-0.2, 0) is 6.54 Å². The molecule has 0 atom stereocenters. The van der Waals surface area contributed by atoms with Crippen molar-refractivity contribution in [3.05, 3.63) is 57.8 Å². The van der Waals surface area contributed by atoms with Gasteiger partial charge in [0.15, 0.2) is 11.6 Å². The maximum atomic E-state index is 13.7. The molecule has 0 aliphatic carbocycles. The van der Waals surface area contributed by atoms with Crippen molar-refractivity contribution < 1.29 is 9.13 Å². The first-order chi connectivity index (χ1) is 9.63. The van der Waals surface area contributed by atoms with Crippen LogP contribution in [0.3, 0.4) is 0 Å². The summed E-state index contributed by atoms with van der Waals surface area (Å²) in [6.07, 6.45) is 0. The normalized spacial score (nSPS) is 10.1. The van der Waals surface area contributed by atoms with Gasteiger partial charge in [-0.25, -0.2) is 4.39 Å². The molecule has 0 heterocycles. The molecule has 0 aliphatic rings. The van der Waals surface area contributed by atoms with Gasteiger partial charge in [0.25, 0.3) is 0 Å². The summed E-state index contributed by atoms with van der Waals surface area (Å²) in [4.78, 5) is 0. The van der Waals surface area contributed by atoms with Gasteiger partial charge in [-0.2, -0.15) is 5.26 Å². The number of nitrogens with one attached hydrogen (secondary N) is 1. The first-order valence-corrected chi connectivity index (χ1v) is 6.74. The average molecular weight is 335 g/mol. The smallest absolute Gasteiger partial charge is 0.165 e. The van der Waals surface area contributed by atoms with E-state index in [0.717, 1.165) is 5.56 Å². The summed E-state index contributed by atoms with van der Waals surface area (Å²) >= 11 is 3.26. The topological polar surface area (TPSA) is 45.0 Å². The fraction of sp³-hybridized carbons (Fsp3) is 0.133. The molecule has 2 aromatic carbocycles. The van der Waals surface area contributed by atoms with Gasteiger partial charge < -0.3 is 10.1 Å². The Morgan fingerprint density at radius 2 is 2.05 bits per heavy atom. The zero-order valence-electron chi connectivity index (χ0n) is 10.8. The van der Waals surface area contributed by atoms with Crippen LogP contribution in [0.1, 0.15) is 11.1 Å². The SMILES string of the molecule is CNCc1ccc(Oc2cc(Br)ccc2F)c(C#N)c1. The van der Waals surface area contributed by atoms with E-state index in [2.05, 4.69) is 27.3 Å². The molecule has 102 valence electrons. The van der Waals surface area contributed by atoms with Crippen LogP contribution in [0.25, 0.3) is 0 Å². The molecule has 3 nitrogen and oxygen atoms in total. The highest BCUT2D eigenvalue weighted by Crippen LogP contribution is 2.30. The van der Waals surface area contributed by atoms with Crippen molar-refractivity contribution in [3.8, 4) is 17.6 Å².